The molecule has 3 unspecified atom stereocenters. The molecule has 0 spiro atoms. The van der Waals surface area contributed by atoms with Crippen molar-refractivity contribution in [3.05, 3.63) is 29.3 Å². The van der Waals surface area contributed by atoms with Crippen LogP contribution < -0.4 is 4.74 Å². The van der Waals surface area contributed by atoms with E-state index in [9.17, 15) is 4.79 Å². The summed E-state index contributed by atoms with van der Waals surface area (Å²) < 4.78 is 17.2. The molecule has 0 aliphatic heterocycles. The average molecular weight is 445 g/mol. The van der Waals surface area contributed by atoms with Crippen molar-refractivity contribution in [3.63, 3.8) is 0 Å². The van der Waals surface area contributed by atoms with Crippen LogP contribution in [-0.4, -0.2) is 32.4 Å². The standard InChI is InChI=1S/C28H44O4/c1-5-6-7-15-30-16-13-21-11-12-23-19-25-22(18-24(21)23)9-8-10-26(25)32-20-27(29)31-17-14-28(2,3)4/h8-10,21,23-24H,5-7,11-20H2,1-4H3. The minimum atomic E-state index is -0.277. The van der Waals surface area contributed by atoms with E-state index in [0.29, 0.717) is 6.61 Å². The summed E-state index contributed by atoms with van der Waals surface area (Å²) in [6.45, 7) is 10.9. The van der Waals surface area contributed by atoms with Crippen LogP contribution in [0.25, 0.3) is 0 Å². The number of esters is 1. The Morgan fingerprint density at radius 2 is 1.91 bits per heavy atom. The van der Waals surface area contributed by atoms with E-state index in [4.69, 9.17) is 14.2 Å². The van der Waals surface area contributed by atoms with Crippen LogP contribution in [0.15, 0.2) is 18.2 Å². The molecule has 4 nitrogen and oxygen atoms in total. The van der Waals surface area contributed by atoms with Gasteiger partial charge in [0.2, 0.25) is 0 Å². The SMILES string of the molecule is CCCCCOCCC1CCC2Cc3c(cccc3OCC(=O)OCCC(C)(C)C)CC12. The van der Waals surface area contributed by atoms with Gasteiger partial charge >= 0.3 is 5.97 Å². The van der Waals surface area contributed by atoms with Crippen LogP contribution in [0.4, 0.5) is 0 Å². The minimum absolute atomic E-state index is 0.00726. The van der Waals surface area contributed by atoms with Gasteiger partial charge in [-0.25, -0.2) is 4.79 Å². The topological polar surface area (TPSA) is 44.8 Å². The van der Waals surface area contributed by atoms with Gasteiger partial charge < -0.3 is 14.2 Å². The van der Waals surface area contributed by atoms with E-state index >= 15 is 0 Å². The van der Waals surface area contributed by atoms with Crippen LogP contribution in [0.3, 0.4) is 0 Å². The Kier molecular flexibility index (Phi) is 9.46. The fourth-order valence-electron chi connectivity index (χ4n) is 5.31. The molecular weight excluding hydrogens is 400 g/mol. The molecule has 3 rings (SSSR count). The van der Waals surface area contributed by atoms with E-state index in [1.807, 2.05) is 6.07 Å². The van der Waals surface area contributed by atoms with Gasteiger partial charge in [-0.3, -0.25) is 0 Å². The van der Waals surface area contributed by atoms with Crippen LogP contribution in [0.2, 0.25) is 0 Å². The van der Waals surface area contributed by atoms with E-state index in [1.165, 1.54) is 49.7 Å². The molecule has 32 heavy (non-hydrogen) atoms. The second-order valence-electron chi connectivity index (χ2n) is 11.0. The van der Waals surface area contributed by atoms with Gasteiger partial charge in [-0.05, 0) is 85.3 Å². The predicted octanol–water partition coefficient (Wildman–Crippen LogP) is 6.38. The van der Waals surface area contributed by atoms with Crippen LogP contribution >= 0.6 is 0 Å². The van der Waals surface area contributed by atoms with Gasteiger partial charge in [0.05, 0.1) is 6.61 Å². The molecule has 0 heterocycles. The van der Waals surface area contributed by atoms with Crippen molar-refractivity contribution in [3.8, 4) is 5.75 Å². The lowest BCUT2D eigenvalue weighted by Gasteiger charge is -2.32. The fraction of sp³-hybridized carbons (Fsp3) is 0.750. The second-order valence-corrected chi connectivity index (χ2v) is 11.0. The number of rotatable bonds is 12. The zero-order valence-electron chi connectivity index (χ0n) is 20.8. The maximum atomic E-state index is 12.1. The number of hydrogen-bond donors (Lipinski definition) is 0. The van der Waals surface area contributed by atoms with Crippen molar-refractivity contribution < 1.29 is 19.0 Å². The maximum Gasteiger partial charge on any atom is 0.344 e. The van der Waals surface area contributed by atoms with Gasteiger partial charge in [-0.2, -0.15) is 0 Å². The minimum Gasteiger partial charge on any atom is -0.482 e. The Bertz CT molecular complexity index is 721. The summed E-state index contributed by atoms with van der Waals surface area (Å²) in [6.07, 6.45) is 10.6. The molecular formula is C28H44O4. The van der Waals surface area contributed by atoms with Gasteiger partial charge in [0.15, 0.2) is 6.61 Å². The molecule has 4 heteroatoms. The van der Waals surface area contributed by atoms with E-state index < -0.39 is 0 Å². The molecule has 1 saturated carbocycles. The number of hydrogen-bond acceptors (Lipinski definition) is 4. The van der Waals surface area contributed by atoms with Crippen LogP contribution in [0, 0.1) is 23.2 Å². The summed E-state index contributed by atoms with van der Waals surface area (Å²) >= 11 is 0. The lowest BCUT2D eigenvalue weighted by molar-refractivity contribution is -0.146. The smallest absolute Gasteiger partial charge is 0.344 e. The van der Waals surface area contributed by atoms with E-state index in [-0.39, 0.29) is 18.0 Å². The van der Waals surface area contributed by atoms with Gasteiger partial charge in [0.25, 0.3) is 0 Å². The molecule has 2 aliphatic rings. The summed E-state index contributed by atoms with van der Waals surface area (Å²) in [4.78, 5) is 12.1. The molecule has 0 N–H and O–H groups in total. The second kappa shape index (κ2) is 12.1. The molecule has 0 saturated heterocycles. The third-order valence-corrected chi connectivity index (χ3v) is 7.26. The van der Waals surface area contributed by atoms with Crippen molar-refractivity contribution in [2.75, 3.05) is 26.4 Å². The quantitative estimate of drug-likeness (QED) is 0.277. The summed E-state index contributed by atoms with van der Waals surface area (Å²) in [5.41, 5.74) is 2.88. The highest BCUT2D eigenvalue weighted by atomic mass is 16.6. The predicted molar refractivity (Wildman–Crippen MR) is 129 cm³/mol. The van der Waals surface area contributed by atoms with E-state index in [1.54, 1.807) is 0 Å². The highest BCUT2D eigenvalue weighted by Crippen LogP contribution is 2.47. The number of carbonyl (C=O) groups excluding carboxylic acids is 1. The van der Waals surface area contributed by atoms with Crippen molar-refractivity contribution in [2.24, 2.45) is 23.2 Å². The van der Waals surface area contributed by atoms with E-state index in [2.05, 4.69) is 39.8 Å². The third-order valence-electron chi connectivity index (χ3n) is 7.26. The molecule has 1 aromatic rings. The summed E-state index contributed by atoms with van der Waals surface area (Å²) in [5, 5.41) is 0. The lowest BCUT2D eigenvalue weighted by Crippen LogP contribution is -2.26. The summed E-state index contributed by atoms with van der Waals surface area (Å²) in [5.74, 6) is 2.87. The Morgan fingerprint density at radius 1 is 1.06 bits per heavy atom. The zero-order valence-corrected chi connectivity index (χ0v) is 20.8. The maximum absolute atomic E-state index is 12.1. The van der Waals surface area contributed by atoms with Crippen molar-refractivity contribution in [2.45, 2.75) is 85.5 Å². The molecule has 1 aromatic carbocycles. The van der Waals surface area contributed by atoms with Crippen molar-refractivity contribution >= 4 is 5.97 Å². The molecule has 0 amide bonds. The monoisotopic (exact) mass is 444 g/mol. The number of ether oxygens (including phenoxy) is 3. The first-order valence-corrected chi connectivity index (χ1v) is 12.8. The molecule has 2 aliphatic carbocycles. The van der Waals surface area contributed by atoms with Crippen molar-refractivity contribution in [1.29, 1.82) is 0 Å². The highest BCUT2D eigenvalue weighted by Gasteiger charge is 2.39. The van der Waals surface area contributed by atoms with Crippen LogP contribution in [0.1, 0.15) is 83.8 Å². The third kappa shape index (κ3) is 7.50. The van der Waals surface area contributed by atoms with Gasteiger partial charge in [-0.15, -0.1) is 0 Å². The molecule has 0 aromatic heterocycles. The Morgan fingerprint density at radius 3 is 2.69 bits per heavy atom. The first-order valence-electron chi connectivity index (χ1n) is 12.8. The van der Waals surface area contributed by atoms with E-state index in [0.717, 1.165) is 56.0 Å². The number of benzene rings is 1. The number of carbonyl (C=O) groups is 1. The van der Waals surface area contributed by atoms with Crippen LogP contribution in [-0.2, 0) is 27.1 Å². The Labute approximate surface area is 195 Å². The Balaban J connectivity index is 1.48. The molecule has 0 bridgehead atoms. The first-order chi connectivity index (χ1) is 15.4. The lowest BCUT2D eigenvalue weighted by atomic mass is 9.74. The summed E-state index contributed by atoms with van der Waals surface area (Å²) in [7, 11) is 0. The molecule has 180 valence electrons. The normalized spacial score (nSPS) is 22.3. The average Bonchev–Trinajstić information content (AvgIpc) is 3.14. The number of fused-ring (bicyclic) bond motifs is 2. The zero-order chi connectivity index (χ0) is 23.0. The first kappa shape index (κ1) is 25.1. The van der Waals surface area contributed by atoms with Gasteiger partial charge in [-0.1, -0.05) is 52.7 Å². The van der Waals surface area contributed by atoms with Gasteiger partial charge in [0.1, 0.15) is 5.75 Å². The highest BCUT2D eigenvalue weighted by molar-refractivity contribution is 5.71. The molecule has 1 fully saturated rings. The Hall–Kier alpha value is -1.55. The van der Waals surface area contributed by atoms with Crippen molar-refractivity contribution in [1.82, 2.24) is 0 Å². The summed E-state index contributed by atoms with van der Waals surface area (Å²) in [6, 6.07) is 6.33. The largest absolute Gasteiger partial charge is 0.482 e. The fourth-order valence-corrected chi connectivity index (χ4v) is 5.31. The van der Waals surface area contributed by atoms with Crippen LogP contribution in [0.5, 0.6) is 5.75 Å². The van der Waals surface area contributed by atoms with Gasteiger partial charge in [0, 0.05) is 13.2 Å². The molecule has 0 radical (unpaired) electrons. The number of unbranched alkanes of at least 4 members (excludes halogenated alkanes) is 2. The molecule has 3 atom stereocenters.